The number of rotatable bonds is 2. The van der Waals surface area contributed by atoms with E-state index in [4.69, 9.17) is 4.74 Å². The Morgan fingerprint density at radius 2 is 2.05 bits per heavy atom. The lowest BCUT2D eigenvalue weighted by Crippen LogP contribution is -3.12. The van der Waals surface area contributed by atoms with Gasteiger partial charge in [-0.15, -0.1) is 0 Å². The summed E-state index contributed by atoms with van der Waals surface area (Å²) in [6.07, 6.45) is 0. The quantitative estimate of drug-likeness (QED) is 0.769. The van der Waals surface area contributed by atoms with E-state index in [0.717, 1.165) is 31.7 Å². The number of nitrogens with one attached hydrogen (secondary N) is 1. The van der Waals surface area contributed by atoms with Gasteiger partial charge in [0.15, 0.2) is 6.61 Å². The third-order valence-corrected chi connectivity index (χ3v) is 4.32. The van der Waals surface area contributed by atoms with Gasteiger partial charge < -0.3 is 14.5 Å². The first-order valence-corrected chi connectivity index (χ1v) is 7.67. The zero-order valence-corrected chi connectivity index (χ0v) is 13.1. The number of nitrogens with zero attached hydrogens (tertiary/aromatic N) is 2. The third kappa shape index (κ3) is 2.92. The molecule has 0 atom stereocenters. The molecular weight excluding hydrogens is 282 g/mol. The fourth-order valence-corrected chi connectivity index (χ4v) is 2.86. The topological polar surface area (TPSA) is 54.3 Å². The van der Waals surface area contributed by atoms with Crippen LogP contribution in [0.25, 0.3) is 0 Å². The lowest BCUT2D eigenvalue weighted by molar-refractivity contribution is -0.883. The van der Waals surface area contributed by atoms with Crippen molar-refractivity contribution in [3.63, 3.8) is 0 Å². The van der Waals surface area contributed by atoms with Crippen molar-refractivity contribution in [1.29, 1.82) is 0 Å². The van der Waals surface area contributed by atoms with Crippen molar-refractivity contribution in [2.75, 3.05) is 51.3 Å². The average molecular weight is 304 g/mol. The van der Waals surface area contributed by atoms with Crippen molar-refractivity contribution in [2.24, 2.45) is 0 Å². The van der Waals surface area contributed by atoms with E-state index < -0.39 is 0 Å². The Morgan fingerprint density at radius 3 is 2.77 bits per heavy atom. The first kappa shape index (κ1) is 14.8. The van der Waals surface area contributed by atoms with Gasteiger partial charge in [0.05, 0.1) is 38.9 Å². The molecule has 0 unspecified atom stereocenters. The molecule has 0 spiro atoms. The molecule has 0 bridgehead atoms. The van der Waals surface area contributed by atoms with Crippen LogP contribution < -0.4 is 14.5 Å². The second-order valence-electron chi connectivity index (χ2n) is 6.08. The summed E-state index contributed by atoms with van der Waals surface area (Å²) >= 11 is 0. The predicted molar refractivity (Wildman–Crippen MR) is 82.2 cm³/mol. The Hall–Kier alpha value is -2.08. The molecule has 0 aliphatic carbocycles. The van der Waals surface area contributed by atoms with E-state index in [1.165, 1.54) is 4.90 Å². The third-order valence-electron chi connectivity index (χ3n) is 4.32. The Bertz CT molecular complexity index is 594. The lowest BCUT2D eigenvalue weighted by atomic mass is 10.1. The van der Waals surface area contributed by atoms with Crippen LogP contribution in [0.2, 0.25) is 0 Å². The van der Waals surface area contributed by atoms with Gasteiger partial charge >= 0.3 is 0 Å². The number of carbonyl (C=O) groups is 2. The number of hydrogen-bond acceptors (Lipinski definition) is 3. The Labute approximate surface area is 130 Å². The van der Waals surface area contributed by atoms with Crippen LogP contribution in [0.4, 0.5) is 5.69 Å². The van der Waals surface area contributed by atoms with Crippen LogP contribution >= 0.6 is 0 Å². The largest absolute Gasteiger partial charge is 0.482 e. The van der Waals surface area contributed by atoms with Gasteiger partial charge in [-0.05, 0) is 24.6 Å². The fraction of sp³-hybridized carbons (Fsp3) is 0.500. The molecule has 3 rings (SSSR count). The van der Waals surface area contributed by atoms with E-state index in [0.29, 0.717) is 11.4 Å². The summed E-state index contributed by atoms with van der Waals surface area (Å²) in [5, 5.41) is 0. The molecule has 0 radical (unpaired) electrons. The molecule has 2 aliphatic heterocycles. The molecule has 0 aromatic heterocycles. The summed E-state index contributed by atoms with van der Waals surface area (Å²) in [4.78, 5) is 29.5. The summed E-state index contributed by atoms with van der Waals surface area (Å²) in [6.45, 7) is 5.47. The monoisotopic (exact) mass is 304 g/mol. The van der Waals surface area contributed by atoms with Gasteiger partial charge in [-0.1, -0.05) is 6.07 Å². The molecule has 0 saturated carbocycles. The van der Waals surface area contributed by atoms with E-state index in [-0.39, 0.29) is 25.0 Å². The van der Waals surface area contributed by atoms with Gasteiger partial charge in [0.25, 0.3) is 5.91 Å². The molecule has 1 saturated heterocycles. The number of anilines is 1. The van der Waals surface area contributed by atoms with Crippen LogP contribution in [-0.4, -0.2) is 63.1 Å². The van der Waals surface area contributed by atoms with Gasteiger partial charge in [-0.2, -0.15) is 0 Å². The first-order chi connectivity index (χ1) is 10.5. The van der Waals surface area contributed by atoms with Crippen molar-refractivity contribution >= 4 is 17.5 Å². The number of hydrogen-bond donors (Lipinski definition) is 1. The number of fused-ring (bicyclic) bond motifs is 1. The number of ether oxygens (including phenoxy) is 1. The summed E-state index contributed by atoms with van der Waals surface area (Å²) in [7, 11) is 2.13. The van der Waals surface area contributed by atoms with Crippen molar-refractivity contribution in [2.45, 2.75) is 6.92 Å². The van der Waals surface area contributed by atoms with E-state index >= 15 is 0 Å². The van der Waals surface area contributed by atoms with Gasteiger partial charge in [-0.25, -0.2) is 0 Å². The predicted octanol–water partition coefficient (Wildman–Crippen LogP) is -0.923. The van der Waals surface area contributed by atoms with E-state index in [2.05, 4.69) is 7.05 Å². The SMILES string of the molecule is Cc1ccc2c(c1)N(CC(=O)N1CC[NH+](C)CC1)C(=O)CO2. The van der Waals surface area contributed by atoms with Crippen LogP contribution in [0.1, 0.15) is 5.56 Å². The number of aryl methyl sites for hydroxylation is 1. The number of amides is 2. The van der Waals surface area contributed by atoms with E-state index in [9.17, 15) is 9.59 Å². The number of quaternary nitrogens is 1. The summed E-state index contributed by atoms with van der Waals surface area (Å²) in [5.74, 6) is 0.516. The van der Waals surface area contributed by atoms with Crippen LogP contribution in [0.15, 0.2) is 18.2 Å². The highest BCUT2D eigenvalue weighted by Crippen LogP contribution is 2.32. The smallest absolute Gasteiger partial charge is 0.265 e. The molecule has 2 amide bonds. The molecule has 1 aromatic carbocycles. The maximum absolute atomic E-state index is 12.5. The van der Waals surface area contributed by atoms with Crippen molar-refractivity contribution < 1.29 is 19.2 Å². The maximum Gasteiger partial charge on any atom is 0.265 e. The Kier molecular flexibility index (Phi) is 4.02. The Morgan fingerprint density at radius 1 is 1.32 bits per heavy atom. The molecule has 2 heterocycles. The highest BCUT2D eigenvalue weighted by molar-refractivity contribution is 6.02. The maximum atomic E-state index is 12.5. The molecular formula is C16H22N3O3+. The van der Waals surface area contributed by atoms with E-state index in [1.807, 2.05) is 30.0 Å². The van der Waals surface area contributed by atoms with Crippen molar-refractivity contribution in [3.05, 3.63) is 23.8 Å². The van der Waals surface area contributed by atoms with Crippen molar-refractivity contribution in [1.82, 2.24) is 4.90 Å². The summed E-state index contributed by atoms with van der Waals surface area (Å²) in [6, 6.07) is 5.69. The summed E-state index contributed by atoms with van der Waals surface area (Å²) in [5.41, 5.74) is 1.74. The highest BCUT2D eigenvalue weighted by atomic mass is 16.5. The standard InChI is InChI=1S/C16H21N3O3/c1-12-3-4-14-13(9-12)19(16(21)11-22-14)10-15(20)18-7-5-17(2)6-8-18/h3-4,9H,5-8,10-11H2,1-2H3/p+1. The van der Waals surface area contributed by atoms with Crippen LogP contribution in [0, 0.1) is 6.92 Å². The molecule has 6 nitrogen and oxygen atoms in total. The van der Waals surface area contributed by atoms with Gasteiger partial charge in [0.2, 0.25) is 5.91 Å². The average Bonchev–Trinajstić information content (AvgIpc) is 2.51. The van der Waals surface area contributed by atoms with Crippen LogP contribution in [0.5, 0.6) is 5.75 Å². The number of carbonyl (C=O) groups excluding carboxylic acids is 2. The molecule has 1 aromatic rings. The Balaban J connectivity index is 1.75. The molecule has 22 heavy (non-hydrogen) atoms. The number of likely N-dealkylation sites (N-methyl/N-ethyl adjacent to an activating group) is 1. The summed E-state index contributed by atoms with van der Waals surface area (Å²) < 4.78 is 5.44. The minimum atomic E-state index is -0.161. The van der Waals surface area contributed by atoms with Crippen LogP contribution in [-0.2, 0) is 9.59 Å². The lowest BCUT2D eigenvalue weighted by Gasteiger charge is -2.33. The molecule has 2 aliphatic rings. The number of benzene rings is 1. The molecule has 1 fully saturated rings. The normalized spacial score (nSPS) is 18.9. The highest BCUT2D eigenvalue weighted by Gasteiger charge is 2.30. The second-order valence-corrected chi connectivity index (χ2v) is 6.08. The molecule has 1 N–H and O–H groups in total. The van der Waals surface area contributed by atoms with Gasteiger partial charge in [0.1, 0.15) is 12.3 Å². The number of piperazine rings is 1. The van der Waals surface area contributed by atoms with Gasteiger partial charge in [-0.3, -0.25) is 14.5 Å². The zero-order valence-electron chi connectivity index (χ0n) is 13.1. The van der Waals surface area contributed by atoms with E-state index in [1.54, 1.807) is 4.90 Å². The van der Waals surface area contributed by atoms with Crippen LogP contribution in [0.3, 0.4) is 0 Å². The fourth-order valence-electron chi connectivity index (χ4n) is 2.86. The zero-order chi connectivity index (χ0) is 15.7. The minimum absolute atomic E-state index is 0.00374. The van der Waals surface area contributed by atoms with Gasteiger partial charge in [0, 0.05) is 0 Å². The molecule has 6 heteroatoms. The van der Waals surface area contributed by atoms with Crippen molar-refractivity contribution in [3.8, 4) is 5.75 Å². The molecule has 118 valence electrons. The second kappa shape index (κ2) is 5.96. The minimum Gasteiger partial charge on any atom is -0.482 e. The first-order valence-electron chi connectivity index (χ1n) is 7.67.